The molecule has 2 rings (SSSR count). The lowest BCUT2D eigenvalue weighted by atomic mass is 9.84. The monoisotopic (exact) mass is 368 g/mol. The van der Waals surface area contributed by atoms with Crippen molar-refractivity contribution in [1.82, 2.24) is 15.1 Å². The first-order chi connectivity index (χ1) is 10.1. The molecule has 0 spiro atoms. The normalized spacial score (nSPS) is 20.3. The second kappa shape index (κ2) is 10.3. The van der Waals surface area contributed by atoms with Crippen molar-refractivity contribution in [2.24, 2.45) is 11.1 Å². The zero-order valence-electron chi connectivity index (χ0n) is 13.9. The molecule has 0 aromatic heterocycles. The van der Waals surface area contributed by atoms with Crippen molar-refractivity contribution in [2.45, 2.75) is 32.6 Å². The van der Waals surface area contributed by atoms with Crippen LogP contribution in [0.1, 0.15) is 32.6 Å². The van der Waals surface area contributed by atoms with Crippen molar-refractivity contribution in [3.05, 3.63) is 0 Å². The van der Waals surface area contributed by atoms with E-state index in [-0.39, 0.29) is 42.0 Å². The van der Waals surface area contributed by atoms with E-state index >= 15 is 0 Å². The Morgan fingerprint density at radius 3 is 2.13 bits per heavy atom. The molecule has 0 radical (unpaired) electrons. The number of nitrogens with one attached hydrogen (secondary N) is 1. The number of piperazine rings is 1. The molecule has 8 heteroatoms. The molecule has 1 heterocycles. The van der Waals surface area contributed by atoms with E-state index in [1.807, 2.05) is 11.8 Å². The molecule has 0 unspecified atom stereocenters. The Morgan fingerprint density at radius 2 is 1.65 bits per heavy atom. The van der Waals surface area contributed by atoms with Gasteiger partial charge in [0, 0.05) is 39.3 Å². The summed E-state index contributed by atoms with van der Waals surface area (Å²) >= 11 is 0. The lowest BCUT2D eigenvalue weighted by Gasteiger charge is -2.39. The first-order valence-electron chi connectivity index (χ1n) is 8.10. The van der Waals surface area contributed by atoms with Crippen LogP contribution in [-0.2, 0) is 9.59 Å². The number of nitrogens with two attached hydrogens (primary N) is 1. The average molecular weight is 369 g/mol. The first-order valence-corrected chi connectivity index (χ1v) is 8.10. The lowest BCUT2D eigenvalue weighted by Crippen LogP contribution is -2.55. The summed E-state index contributed by atoms with van der Waals surface area (Å²) < 4.78 is 0. The molecule has 3 N–H and O–H groups in total. The van der Waals surface area contributed by atoms with Crippen molar-refractivity contribution in [2.75, 3.05) is 45.8 Å². The molecule has 2 aliphatic rings. The summed E-state index contributed by atoms with van der Waals surface area (Å²) in [5, 5.41) is 2.81. The first kappa shape index (κ1) is 22.4. The van der Waals surface area contributed by atoms with Gasteiger partial charge in [-0.05, 0) is 19.8 Å². The molecule has 0 atom stereocenters. The molecule has 136 valence electrons. The van der Waals surface area contributed by atoms with Crippen LogP contribution in [0.15, 0.2) is 0 Å². The smallest absolute Gasteiger partial charge is 0.234 e. The van der Waals surface area contributed by atoms with Crippen LogP contribution in [-0.4, -0.2) is 67.4 Å². The molecule has 1 saturated heterocycles. The lowest BCUT2D eigenvalue weighted by molar-refractivity contribution is -0.143. The molecule has 23 heavy (non-hydrogen) atoms. The number of carbonyl (C=O) groups is 2. The van der Waals surface area contributed by atoms with Gasteiger partial charge in [-0.2, -0.15) is 0 Å². The minimum absolute atomic E-state index is 0. The summed E-state index contributed by atoms with van der Waals surface area (Å²) in [6.45, 7) is 6.43. The number of hydrogen-bond donors (Lipinski definition) is 2. The second-order valence-corrected chi connectivity index (χ2v) is 6.21. The molecule has 1 aliphatic carbocycles. The van der Waals surface area contributed by atoms with Gasteiger partial charge in [-0.15, -0.1) is 24.8 Å². The predicted molar refractivity (Wildman–Crippen MR) is 96.2 cm³/mol. The molecule has 2 fully saturated rings. The minimum atomic E-state index is -0.304. The topological polar surface area (TPSA) is 78.7 Å². The predicted octanol–water partition coefficient (Wildman–Crippen LogP) is 0.629. The van der Waals surface area contributed by atoms with E-state index in [2.05, 4.69) is 10.2 Å². The van der Waals surface area contributed by atoms with E-state index in [0.717, 1.165) is 38.8 Å². The third-order valence-electron chi connectivity index (χ3n) is 4.81. The van der Waals surface area contributed by atoms with Crippen molar-refractivity contribution >= 4 is 36.6 Å². The number of halogens is 2. The summed E-state index contributed by atoms with van der Waals surface area (Å²) in [4.78, 5) is 28.4. The summed E-state index contributed by atoms with van der Waals surface area (Å²) in [5.74, 6) is 0.298. The maximum atomic E-state index is 12.7. The highest BCUT2D eigenvalue weighted by Gasteiger charge is 2.42. The highest BCUT2D eigenvalue weighted by Crippen LogP contribution is 2.38. The van der Waals surface area contributed by atoms with E-state index in [1.54, 1.807) is 0 Å². The van der Waals surface area contributed by atoms with E-state index in [0.29, 0.717) is 32.7 Å². The molecule has 0 aromatic carbocycles. The number of amides is 2. The van der Waals surface area contributed by atoms with Gasteiger partial charge in [-0.3, -0.25) is 14.5 Å². The average Bonchev–Trinajstić information content (AvgIpc) is 2.97. The molecule has 0 bridgehead atoms. The van der Waals surface area contributed by atoms with Crippen molar-refractivity contribution in [3.63, 3.8) is 0 Å². The summed E-state index contributed by atoms with van der Waals surface area (Å²) in [6.07, 6.45) is 4.09. The maximum Gasteiger partial charge on any atom is 0.234 e. The van der Waals surface area contributed by atoms with Crippen LogP contribution in [0.4, 0.5) is 0 Å². The molecule has 0 aromatic rings. The van der Waals surface area contributed by atoms with Crippen LogP contribution in [0.3, 0.4) is 0 Å². The number of carbonyl (C=O) groups excluding carboxylic acids is 2. The largest absolute Gasteiger partial charge is 0.355 e. The van der Waals surface area contributed by atoms with Crippen LogP contribution in [0.25, 0.3) is 0 Å². The quantitative estimate of drug-likeness (QED) is 0.745. The molecular weight excluding hydrogens is 339 g/mol. The van der Waals surface area contributed by atoms with Gasteiger partial charge in [0.25, 0.3) is 0 Å². The van der Waals surface area contributed by atoms with E-state index in [4.69, 9.17) is 5.73 Å². The Hall–Kier alpha value is -0.560. The molecule has 2 amide bonds. The third kappa shape index (κ3) is 5.48. The fourth-order valence-electron chi connectivity index (χ4n) is 3.46. The summed E-state index contributed by atoms with van der Waals surface area (Å²) in [7, 11) is 0. The van der Waals surface area contributed by atoms with E-state index in [1.165, 1.54) is 0 Å². The fraction of sp³-hybridized carbons (Fsp3) is 0.867. The fourth-order valence-corrected chi connectivity index (χ4v) is 3.46. The minimum Gasteiger partial charge on any atom is -0.355 e. The van der Waals surface area contributed by atoms with Crippen molar-refractivity contribution in [3.8, 4) is 0 Å². The Balaban J connectivity index is 0.00000242. The second-order valence-electron chi connectivity index (χ2n) is 6.21. The highest BCUT2D eigenvalue weighted by atomic mass is 35.5. The molecule has 1 saturated carbocycles. The van der Waals surface area contributed by atoms with E-state index in [9.17, 15) is 9.59 Å². The number of rotatable bonds is 5. The van der Waals surface area contributed by atoms with Crippen LogP contribution in [0.5, 0.6) is 0 Å². The van der Waals surface area contributed by atoms with Gasteiger partial charge in [0.15, 0.2) is 0 Å². The summed E-state index contributed by atoms with van der Waals surface area (Å²) in [6, 6.07) is 0. The van der Waals surface area contributed by atoms with Crippen LogP contribution in [0.2, 0.25) is 0 Å². The third-order valence-corrected chi connectivity index (χ3v) is 4.81. The van der Waals surface area contributed by atoms with Gasteiger partial charge in [0.05, 0.1) is 12.0 Å². The molecule has 1 aliphatic heterocycles. The zero-order chi connectivity index (χ0) is 15.3. The number of nitrogens with zero attached hydrogens (tertiary/aromatic N) is 2. The number of likely N-dealkylation sites (N-methyl/N-ethyl adjacent to an activating group) is 1. The molecule has 6 nitrogen and oxygen atoms in total. The maximum absolute atomic E-state index is 12.7. The van der Waals surface area contributed by atoms with Crippen LogP contribution >= 0.6 is 24.8 Å². The van der Waals surface area contributed by atoms with Gasteiger partial charge >= 0.3 is 0 Å². The van der Waals surface area contributed by atoms with Gasteiger partial charge in [-0.25, -0.2) is 0 Å². The zero-order valence-corrected chi connectivity index (χ0v) is 15.5. The number of hydrogen-bond acceptors (Lipinski definition) is 4. The Morgan fingerprint density at radius 1 is 1.09 bits per heavy atom. The van der Waals surface area contributed by atoms with Crippen molar-refractivity contribution < 1.29 is 9.59 Å². The van der Waals surface area contributed by atoms with Crippen molar-refractivity contribution in [1.29, 1.82) is 0 Å². The standard InChI is InChI=1S/C15H28N4O2.2ClH/c1-2-17-13(20)11-18-7-9-19(10-8-18)14(21)15(12-16)5-3-4-6-15;;/h2-12,16H2,1H3,(H,17,20);2*1H. The van der Waals surface area contributed by atoms with E-state index < -0.39 is 0 Å². The van der Waals surface area contributed by atoms with Gasteiger partial charge < -0.3 is 16.0 Å². The Labute approximate surface area is 151 Å². The summed E-state index contributed by atoms with van der Waals surface area (Å²) in [5.41, 5.74) is 5.59. The van der Waals surface area contributed by atoms with Gasteiger partial charge in [0.1, 0.15) is 0 Å². The SMILES string of the molecule is CCNC(=O)CN1CCN(C(=O)C2(CN)CCCC2)CC1.Cl.Cl. The molecular formula is C15H30Cl2N4O2. The van der Waals surface area contributed by atoms with Crippen LogP contribution in [0, 0.1) is 5.41 Å². The Kier molecular flexibility index (Phi) is 10.1. The Bertz CT molecular complexity index is 382. The van der Waals surface area contributed by atoms with Gasteiger partial charge in [-0.1, -0.05) is 12.8 Å². The highest BCUT2D eigenvalue weighted by molar-refractivity contribution is 5.85. The van der Waals surface area contributed by atoms with Crippen LogP contribution < -0.4 is 11.1 Å². The van der Waals surface area contributed by atoms with Gasteiger partial charge in [0.2, 0.25) is 11.8 Å².